The lowest BCUT2D eigenvalue weighted by Crippen LogP contribution is -2.16. The molecule has 9 aromatic carbocycles. The molecular weight excluding hydrogens is 627 g/mol. The van der Waals surface area contributed by atoms with E-state index in [1.807, 2.05) is 0 Å². The molecule has 0 unspecified atom stereocenters. The Hall–Kier alpha value is -6.44. The summed E-state index contributed by atoms with van der Waals surface area (Å²) in [5.41, 5.74) is 16.9. The molecule has 10 rings (SSSR count). The molecule has 1 heteroatoms. The summed E-state index contributed by atoms with van der Waals surface area (Å²) < 4.78 is 0. The Balaban J connectivity index is 1.36. The van der Waals surface area contributed by atoms with E-state index >= 15 is 0 Å². The van der Waals surface area contributed by atoms with Crippen molar-refractivity contribution in [3.8, 4) is 33.4 Å². The van der Waals surface area contributed by atoms with Gasteiger partial charge >= 0.3 is 0 Å². The van der Waals surface area contributed by atoms with E-state index in [0.717, 1.165) is 6.42 Å². The lowest BCUT2D eigenvalue weighted by Gasteiger charge is -2.33. The van der Waals surface area contributed by atoms with Crippen molar-refractivity contribution in [2.75, 3.05) is 4.90 Å². The molecule has 52 heavy (non-hydrogen) atoms. The maximum absolute atomic E-state index is 2.60. The van der Waals surface area contributed by atoms with Gasteiger partial charge in [-0.25, -0.2) is 0 Å². The zero-order valence-corrected chi connectivity index (χ0v) is 29.4. The van der Waals surface area contributed by atoms with Gasteiger partial charge in [-0.1, -0.05) is 164 Å². The highest BCUT2D eigenvalue weighted by Gasteiger charge is 2.34. The van der Waals surface area contributed by atoms with E-state index in [9.17, 15) is 0 Å². The van der Waals surface area contributed by atoms with Crippen LogP contribution < -0.4 is 4.90 Å². The summed E-state index contributed by atoms with van der Waals surface area (Å²) >= 11 is 0. The number of rotatable bonds is 5. The first-order valence-corrected chi connectivity index (χ1v) is 18.2. The minimum atomic E-state index is 0.858. The Kier molecular flexibility index (Phi) is 7.08. The van der Waals surface area contributed by atoms with E-state index in [2.05, 4.69) is 195 Å². The molecule has 0 N–H and O–H groups in total. The van der Waals surface area contributed by atoms with E-state index < -0.39 is 0 Å². The zero-order valence-electron chi connectivity index (χ0n) is 29.4. The first-order chi connectivity index (χ1) is 25.7. The quantitative estimate of drug-likeness (QED) is 0.166. The molecule has 9 aromatic rings. The fraction of sp³-hybridized carbons (Fsp3) is 0.0588. The van der Waals surface area contributed by atoms with Crippen LogP contribution in [-0.4, -0.2) is 0 Å². The smallest absolute Gasteiger partial charge is 0.0540 e. The van der Waals surface area contributed by atoms with Gasteiger partial charge in [0.1, 0.15) is 0 Å². The van der Waals surface area contributed by atoms with E-state index in [1.165, 1.54) is 105 Å². The van der Waals surface area contributed by atoms with E-state index in [4.69, 9.17) is 0 Å². The lowest BCUT2D eigenvalue weighted by molar-refractivity contribution is 1.17. The normalized spacial score (nSPS) is 12.0. The van der Waals surface area contributed by atoms with Gasteiger partial charge in [0.2, 0.25) is 0 Å². The molecule has 0 aliphatic heterocycles. The minimum Gasteiger partial charge on any atom is -0.309 e. The molecule has 0 saturated carbocycles. The molecule has 0 heterocycles. The third kappa shape index (κ3) is 4.63. The minimum absolute atomic E-state index is 0.858. The third-order valence-corrected chi connectivity index (χ3v) is 11.3. The van der Waals surface area contributed by atoms with Crippen molar-refractivity contribution >= 4 is 49.4 Å². The van der Waals surface area contributed by atoms with Gasteiger partial charge in [-0.2, -0.15) is 0 Å². The van der Waals surface area contributed by atoms with Gasteiger partial charge in [0.15, 0.2) is 0 Å². The van der Waals surface area contributed by atoms with E-state index in [1.54, 1.807) is 0 Å². The Morgan fingerprint density at radius 3 is 1.73 bits per heavy atom. The average Bonchev–Trinajstić information content (AvgIpc) is 3.59. The second-order valence-electron chi connectivity index (χ2n) is 14.1. The summed E-state index contributed by atoms with van der Waals surface area (Å²) in [6, 6.07) is 64.6. The maximum atomic E-state index is 2.60. The molecule has 0 fully saturated rings. The molecule has 0 radical (unpaired) electrons. The Bertz CT molecular complexity index is 2830. The summed E-state index contributed by atoms with van der Waals surface area (Å²) in [6.45, 7) is 4.68. The van der Waals surface area contributed by atoms with Crippen molar-refractivity contribution in [3.63, 3.8) is 0 Å². The van der Waals surface area contributed by atoms with Crippen LogP contribution >= 0.6 is 0 Å². The predicted molar refractivity (Wildman–Crippen MR) is 222 cm³/mol. The van der Waals surface area contributed by atoms with Crippen molar-refractivity contribution < 1.29 is 0 Å². The summed E-state index contributed by atoms with van der Waals surface area (Å²) in [5.74, 6) is 0. The molecule has 0 aromatic heterocycles. The van der Waals surface area contributed by atoms with Crippen LogP contribution in [0.5, 0.6) is 0 Å². The summed E-state index contributed by atoms with van der Waals surface area (Å²) in [7, 11) is 0. The number of hydrogen-bond donors (Lipinski definition) is 0. The zero-order chi connectivity index (χ0) is 34.8. The van der Waals surface area contributed by atoms with Gasteiger partial charge in [0.05, 0.1) is 17.1 Å². The third-order valence-electron chi connectivity index (χ3n) is 11.3. The largest absolute Gasteiger partial charge is 0.309 e. The molecule has 0 spiro atoms. The molecule has 0 atom stereocenters. The fourth-order valence-corrected chi connectivity index (χ4v) is 8.85. The molecule has 1 nitrogen and oxygen atoms in total. The molecule has 0 saturated heterocycles. The highest BCUT2D eigenvalue weighted by molar-refractivity contribution is 6.15. The van der Waals surface area contributed by atoms with Crippen LogP contribution in [0, 0.1) is 13.8 Å². The van der Waals surface area contributed by atoms with Crippen molar-refractivity contribution in [1.82, 2.24) is 0 Å². The van der Waals surface area contributed by atoms with Crippen molar-refractivity contribution in [1.29, 1.82) is 0 Å². The molecule has 1 aliphatic carbocycles. The van der Waals surface area contributed by atoms with Crippen LogP contribution in [0.1, 0.15) is 22.3 Å². The van der Waals surface area contributed by atoms with Gasteiger partial charge in [-0.05, 0) is 103 Å². The van der Waals surface area contributed by atoms with Crippen molar-refractivity contribution in [3.05, 3.63) is 198 Å². The van der Waals surface area contributed by atoms with Gasteiger partial charge < -0.3 is 4.90 Å². The molecule has 246 valence electrons. The highest BCUT2D eigenvalue weighted by atomic mass is 15.2. The SMILES string of the molecule is Cc1c(C)c(N(c2cccc3ccccc23)c2cccc3c2ccc2ccccc23)c2c(c1-c1ccccc1)-c1c(cccc1-c1ccccc1)C2. The molecule has 1 aliphatic rings. The predicted octanol–water partition coefficient (Wildman–Crippen LogP) is 14.1. The Morgan fingerprint density at radius 2 is 0.962 bits per heavy atom. The number of fused-ring (bicyclic) bond motifs is 7. The van der Waals surface area contributed by atoms with Gasteiger partial charge in [-0.15, -0.1) is 0 Å². The molecule has 0 bridgehead atoms. The summed E-state index contributed by atoms with van der Waals surface area (Å²) in [5, 5.41) is 7.51. The van der Waals surface area contributed by atoms with Crippen molar-refractivity contribution in [2.45, 2.75) is 20.3 Å². The fourth-order valence-electron chi connectivity index (χ4n) is 8.85. The number of hydrogen-bond acceptors (Lipinski definition) is 1. The standard InChI is InChI=1S/C51H37N/c1-33-34(2)51(45-32-39-23-13-26-42(36-16-5-3-6-17-36)49(39)50(45)48(33)38-20-7-4-8-21-38)52(46-28-14-22-35-18-10-12-25-41(35)46)47-29-15-27-43-40-24-11-9-19-37(40)30-31-44(43)47/h3-31H,32H2,1-2H3. The highest BCUT2D eigenvalue weighted by Crippen LogP contribution is 2.56. The second kappa shape index (κ2) is 12.1. The summed E-state index contributed by atoms with van der Waals surface area (Å²) in [4.78, 5) is 2.60. The molecular formula is C51H37N. The van der Waals surface area contributed by atoms with E-state index in [0.29, 0.717) is 0 Å². The number of benzene rings is 9. The average molecular weight is 664 g/mol. The maximum Gasteiger partial charge on any atom is 0.0540 e. The van der Waals surface area contributed by atoms with Crippen LogP contribution in [0.25, 0.3) is 65.7 Å². The number of anilines is 3. The van der Waals surface area contributed by atoms with Crippen molar-refractivity contribution in [2.24, 2.45) is 0 Å². The second-order valence-corrected chi connectivity index (χ2v) is 14.1. The van der Waals surface area contributed by atoms with Crippen LogP contribution in [0.2, 0.25) is 0 Å². The Labute approximate surface area is 305 Å². The van der Waals surface area contributed by atoms with Gasteiger partial charge in [0, 0.05) is 17.2 Å². The first-order valence-electron chi connectivity index (χ1n) is 18.2. The number of nitrogens with zero attached hydrogens (tertiary/aromatic N) is 1. The van der Waals surface area contributed by atoms with Crippen LogP contribution in [0.4, 0.5) is 17.1 Å². The van der Waals surface area contributed by atoms with Gasteiger partial charge in [-0.3, -0.25) is 0 Å². The first kappa shape index (κ1) is 30.4. The van der Waals surface area contributed by atoms with Crippen LogP contribution in [-0.2, 0) is 6.42 Å². The van der Waals surface area contributed by atoms with Crippen LogP contribution in [0.3, 0.4) is 0 Å². The van der Waals surface area contributed by atoms with Gasteiger partial charge in [0.25, 0.3) is 0 Å². The Morgan fingerprint density at radius 1 is 0.385 bits per heavy atom. The monoisotopic (exact) mass is 663 g/mol. The topological polar surface area (TPSA) is 3.24 Å². The molecule has 0 amide bonds. The lowest BCUT2D eigenvalue weighted by atomic mass is 9.84. The van der Waals surface area contributed by atoms with E-state index in [-0.39, 0.29) is 0 Å². The van der Waals surface area contributed by atoms with Crippen LogP contribution in [0.15, 0.2) is 176 Å². The summed E-state index contributed by atoms with van der Waals surface area (Å²) in [6.07, 6.45) is 0.858.